The summed E-state index contributed by atoms with van der Waals surface area (Å²) >= 11 is 0. The molecule has 1 aromatic rings. The lowest BCUT2D eigenvalue weighted by atomic mass is 9.80. The number of ether oxygens (including phenoxy) is 2. The number of hydrogen-bond donors (Lipinski definition) is 1. The Hall–Kier alpha value is -2.56. The molecule has 1 aliphatic heterocycles. The van der Waals surface area contributed by atoms with Crippen molar-refractivity contribution in [2.24, 2.45) is 0 Å². The van der Waals surface area contributed by atoms with E-state index in [2.05, 4.69) is 5.32 Å². The Bertz CT molecular complexity index is 779. The fraction of sp³-hybridized carbons (Fsp3) is 0.429. The number of carbonyl (C=O) groups excluding carboxylic acids is 2. The maximum Gasteiger partial charge on any atom is 0.337 e. The molecule has 140 valence electrons. The van der Waals surface area contributed by atoms with E-state index in [0.29, 0.717) is 22.5 Å². The van der Waals surface area contributed by atoms with E-state index in [1.165, 1.54) is 7.11 Å². The van der Waals surface area contributed by atoms with Crippen LogP contribution in [0.2, 0.25) is 0 Å². The Balaban J connectivity index is 2.63. The summed E-state index contributed by atoms with van der Waals surface area (Å²) in [5.74, 6) is -1.45. The number of aryl methyl sites for hydroxylation is 1. The number of benzene rings is 1. The van der Waals surface area contributed by atoms with Crippen molar-refractivity contribution in [3.8, 4) is 0 Å². The van der Waals surface area contributed by atoms with Gasteiger partial charge in [0.2, 0.25) is 0 Å². The highest BCUT2D eigenvalue weighted by molar-refractivity contribution is 6.00. The van der Waals surface area contributed by atoms with Gasteiger partial charge in [0.25, 0.3) is 0 Å². The van der Waals surface area contributed by atoms with E-state index >= 15 is 0 Å². The summed E-state index contributed by atoms with van der Waals surface area (Å²) in [7, 11) is 1.34. The standard InChI is InChI=1S/C21H27NO4/c1-12-8-10-15(11-9-12)18-16(19(23)25-7)13(2)22-14(3)17(18)20(24)26-21(4,5)6/h8-11,18,22H,1-7H3. The molecule has 1 atom stereocenters. The van der Waals surface area contributed by atoms with Gasteiger partial charge in [0, 0.05) is 11.4 Å². The van der Waals surface area contributed by atoms with Crippen LogP contribution in [-0.2, 0) is 19.1 Å². The lowest BCUT2D eigenvalue weighted by molar-refractivity contribution is -0.150. The van der Waals surface area contributed by atoms with Crippen molar-refractivity contribution in [2.45, 2.75) is 53.1 Å². The molecule has 1 aliphatic rings. The van der Waals surface area contributed by atoms with Gasteiger partial charge in [0.1, 0.15) is 5.60 Å². The van der Waals surface area contributed by atoms with E-state index < -0.39 is 23.5 Å². The normalized spacial score (nSPS) is 17.7. The van der Waals surface area contributed by atoms with E-state index in [9.17, 15) is 9.59 Å². The predicted octanol–water partition coefficient (Wildman–Crippen LogP) is 3.74. The largest absolute Gasteiger partial charge is 0.466 e. The van der Waals surface area contributed by atoms with Crippen LogP contribution >= 0.6 is 0 Å². The Morgan fingerprint density at radius 1 is 0.923 bits per heavy atom. The fourth-order valence-corrected chi connectivity index (χ4v) is 3.07. The molecule has 0 aromatic heterocycles. The predicted molar refractivity (Wildman–Crippen MR) is 100 cm³/mol. The lowest BCUT2D eigenvalue weighted by Gasteiger charge is -2.32. The number of allylic oxidation sites excluding steroid dienone is 2. The molecule has 1 heterocycles. The molecule has 0 saturated heterocycles. The van der Waals surface area contributed by atoms with Crippen LogP contribution in [0.15, 0.2) is 46.8 Å². The molecule has 1 unspecified atom stereocenters. The van der Waals surface area contributed by atoms with Crippen molar-refractivity contribution in [1.82, 2.24) is 5.32 Å². The number of rotatable bonds is 3. The van der Waals surface area contributed by atoms with Crippen LogP contribution in [0.25, 0.3) is 0 Å². The third-order valence-electron chi connectivity index (χ3n) is 4.20. The molecule has 0 saturated carbocycles. The van der Waals surface area contributed by atoms with Crippen LogP contribution in [-0.4, -0.2) is 24.6 Å². The van der Waals surface area contributed by atoms with Crippen molar-refractivity contribution >= 4 is 11.9 Å². The Morgan fingerprint density at radius 2 is 1.42 bits per heavy atom. The van der Waals surface area contributed by atoms with Gasteiger partial charge in [0.05, 0.1) is 24.2 Å². The molecule has 1 N–H and O–H groups in total. The molecule has 1 aromatic carbocycles. The molecular weight excluding hydrogens is 330 g/mol. The highest BCUT2D eigenvalue weighted by atomic mass is 16.6. The third-order valence-corrected chi connectivity index (χ3v) is 4.20. The first-order chi connectivity index (χ1) is 12.0. The van der Waals surface area contributed by atoms with Crippen LogP contribution in [0.3, 0.4) is 0 Å². The lowest BCUT2D eigenvalue weighted by Crippen LogP contribution is -2.34. The maximum absolute atomic E-state index is 12.9. The number of esters is 2. The quantitative estimate of drug-likeness (QED) is 0.835. The molecule has 0 fully saturated rings. The van der Waals surface area contributed by atoms with Crippen molar-refractivity contribution in [1.29, 1.82) is 0 Å². The highest BCUT2D eigenvalue weighted by Crippen LogP contribution is 2.39. The second kappa shape index (κ2) is 7.36. The molecule has 0 amide bonds. The molecule has 2 rings (SSSR count). The minimum atomic E-state index is -0.635. The summed E-state index contributed by atoms with van der Waals surface area (Å²) in [6.07, 6.45) is 0. The molecule has 0 aliphatic carbocycles. The number of dihydropyridines is 1. The Labute approximate surface area is 155 Å². The summed E-state index contributed by atoms with van der Waals surface area (Å²) < 4.78 is 10.6. The first-order valence-corrected chi connectivity index (χ1v) is 8.62. The van der Waals surface area contributed by atoms with Gasteiger partial charge in [-0.1, -0.05) is 29.8 Å². The van der Waals surface area contributed by atoms with E-state index in [0.717, 1.165) is 11.1 Å². The van der Waals surface area contributed by atoms with Gasteiger partial charge >= 0.3 is 11.9 Å². The fourth-order valence-electron chi connectivity index (χ4n) is 3.07. The van der Waals surface area contributed by atoms with Crippen molar-refractivity contribution in [3.05, 3.63) is 57.9 Å². The SMILES string of the molecule is COC(=O)C1=C(C)NC(C)=C(C(=O)OC(C)(C)C)C1c1ccc(C)cc1. The third kappa shape index (κ3) is 4.15. The molecule has 5 heteroatoms. The summed E-state index contributed by atoms with van der Waals surface area (Å²) in [5.41, 5.74) is 3.50. The van der Waals surface area contributed by atoms with Gasteiger partial charge in [0.15, 0.2) is 0 Å². The number of carbonyl (C=O) groups is 2. The van der Waals surface area contributed by atoms with Gasteiger partial charge in [-0.3, -0.25) is 0 Å². The van der Waals surface area contributed by atoms with E-state index in [-0.39, 0.29) is 0 Å². The second-order valence-corrected chi connectivity index (χ2v) is 7.54. The smallest absolute Gasteiger partial charge is 0.337 e. The summed E-state index contributed by atoms with van der Waals surface area (Å²) in [5, 5.41) is 3.13. The molecule has 0 bridgehead atoms. The van der Waals surface area contributed by atoms with Gasteiger partial charge in [-0.2, -0.15) is 0 Å². The molecule has 26 heavy (non-hydrogen) atoms. The molecule has 5 nitrogen and oxygen atoms in total. The average molecular weight is 357 g/mol. The Morgan fingerprint density at radius 3 is 1.88 bits per heavy atom. The minimum Gasteiger partial charge on any atom is -0.466 e. The van der Waals surface area contributed by atoms with Gasteiger partial charge in [-0.15, -0.1) is 0 Å². The number of methoxy groups -OCH3 is 1. The first kappa shape index (κ1) is 19.8. The van der Waals surface area contributed by atoms with Gasteiger partial charge in [-0.25, -0.2) is 9.59 Å². The minimum absolute atomic E-state index is 0.419. The number of nitrogens with one attached hydrogen (secondary N) is 1. The van der Waals surface area contributed by atoms with Crippen molar-refractivity contribution < 1.29 is 19.1 Å². The van der Waals surface area contributed by atoms with Crippen molar-refractivity contribution in [3.63, 3.8) is 0 Å². The van der Waals surface area contributed by atoms with Crippen LogP contribution in [0.1, 0.15) is 51.7 Å². The highest BCUT2D eigenvalue weighted by Gasteiger charge is 2.38. The van der Waals surface area contributed by atoms with Crippen LogP contribution < -0.4 is 5.32 Å². The zero-order chi connectivity index (χ0) is 19.6. The summed E-state index contributed by atoms with van der Waals surface area (Å²) in [6, 6.07) is 7.78. The van der Waals surface area contributed by atoms with E-state index in [1.807, 2.05) is 65.8 Å². The van der Waals surface area contributed by atoms with E-state index in [1.54, 1.807) is 0 Å². The monoisotopic (exact) mass is 357 g/mol. The molecule has 0 radical (unpaired) electrons. The first-order valence-electron chi connectivity index (χ1n) is 8.62. The topological polar surface area (TPSA) is 64.6 Å². The Kier molecular flexibility index (Phi) is 5.59. The average Bonchev–Trinajstić information content (AvgIpc) is 2.52. The molecule has 0 spiro atoms. The second-order valence-electron chi connectivity index (χ2n) is 7.54. The summed E-state index contributed by atoms with van der Waals surface area (Å²) in [6.45, 7) is 11.1. The zero-order valence-corrected chi connectivity index (χ0v) is 16.5. The van der Waals surface area contributed by atoms with Crippen LogP contribution in [0.5, 0.6) is 0 Å². The molecular formula is C21H27NO4. The van der Waals surface area contributed by atoms with Gasteiger partial charge < -0.3 is 14.8 Å². The maximum atomic E-state index is 12.9. The summed E-state index contributed by atoms with van der Waals surface area (Å²) in [4.78, 5) is 25.4. The van der Waals surface area contributed by atoms with Crippen LogP contribution in [0, 0.1) is 6.92 Å². The number of hydrogen-bond acceptors (Lipinski definition) is 5. The van der Waals surface area contributed by atoms with Crippen LogP contribution in [0.4, 0.5) is 0 Å². The van der Waals surface area contributed by atoms with Crippen molar-refractivity contribution in [2.75, 3.05) is 7.11 Å². The van der Waals surface area contributed by atoms with Gasteiger partial charge in [-0.05, 0) is 47.1 Å². The van der Waals surface area contributed by atoms with E-state index in [4.69, 9.17) is 9.47 Å². The zero-order valence-electron chi connectivity index (χ0n) is 16.5.